The van der Waals surface area contributed by atoms with E-state index in [0.717, 1.165) is 21.6 Å². The maximum Gasteiger partial charge on any atom is 0.267 e. The molecule has 1 unspecified atom stereocenters. The Morgan fingerprint density at radius 2 is 1.59 bits per heavy atom. The smallest absolute Gasteiger partial charge is 0.267 e. The summed E-state index contributed by atoms with van der Waals surface area (Å²) < 4.78 is 7.72. The summed E-state index contributed by atoms with van der Waals surface area (Å²) in [6, 6.07) is 24.2. The monoisotopic (exact) mass is 440 g/mol. The van der Waals surface area contributed by atoms with Gasteiger partial charge in [-0.1, -0.05) is 42.5 Å². The van der Waals surface area contributed by atoms with Gasteiger partial charge in [-0.05, 0) is 48.9 Å². The van der Waals surface area contributed by atoms with Crippen LogP contribution in [0.2, 0.25) is 0 Å². The zero-order valence-corrected chi connectivity index (χ0v) is 18.4. The minimum atomic E-state index is -0.329. The molecule has 0 aliphatic carbocycles. The molecule has 0 N–H and O–H groups in total. The number of hydrogen-bond acceptors (Lipinski definition) is 5. The van der Waals surface area contributed by atoms with Crippen LogP contribution in [0.5, 0.6) is 5.75 Å². The summed E-state index contributed by atoms with van der Waals surface area (Å²) in [6.45, 7) is 1.95. The number of hydrogen-bond donors (Lipinski definition) is 0. The van der Waals surface area contributed by atoms with E-state index in [1.807, 2.05) is 79.7 Å². The van der Waals surface area contributed by atoms with Crippen molar-refractivity contribution in [2.24, 2.45) is 0 Å². The number of rotatable bonds is 4. The van der Waals surface area contributed by atoms with Gasteiger partial charge >= 0.3 is 0 Å². The van der Waals surface area contributed by atoms with Crippen LogP contribution < -0.4 is 15.7 Å². The fraction of sp³-hybridized carbons (Fsp3) is 0.115. The number of nitrogens with zero attached hydrogens (tertiary/aromatic N) is 2. The zero-order chi connectivity index (χ0) is 22.2. The summed E-state index contributed by atoms with van der Waals surface area (Å²) in [5.41, 5.74) is 1.13. The Kier molecular flexibility index (Phi) is 5.07. The first-order valence-electron chi connectivity index (χ1n) is 10.3. The summed E-state index contributed by atoms with van der Waals surface area (Å²) in [5.74, 6) is 1.24. The molecule has 5 nitrogen and oxygen atoms in total. The van der Waals surface area contributed by atoms with E-state index in [0.29, 0.717) is 16.0 Å². The maximum atomic E-state index is 13.8. The highest BCUT2D eigenvalue weighted by atomic mass is 32.1. The SMILES string of the molecule is COc1ccc(-c2nc3sc4ccccc4c(=O)c3c(=O)n2C(C)c2ccccc2)cc1. The lowest BCUT2D eigenvalue weighted by molar-refractivity contribution is 0.415. The second kappa shape index (κ2) is 8.05. The molecule has 0 spiro atoms. The van der Waals surface area contributed by atoms with Crippen molar-refractivity contribution in [3.63, 3.8) is 0 Å². The van der Waals surface area contributed by atoms with Crippen molar-refractivity contribution in [3.8, 4) is 17.1 Å². The van der Waals surface area contributed by atoms with Gasteiger partial charge in [0, 0.05) is 15.6 Å². The minimum Gasteiger partial charge on any atom is -0.497 e. The van der Waals surface area contributed by atoms with Gasteiger partial charge in [0.25, 0.3) is 5.56 Å². The van der Waals surface area contributed by atoms with Crippen molar-refractivity contribution in [2.45, 2.75) is 13.0 Å². The van der Waals surface area contributed by atoms with Crippen LogP contribution in [0.4, 0.5) is 0 Å². The lowest BCUT2D eigenvalue weighted by atomic mass is 10.1. The van der Waals surface area contributed by atoms with Gasteiger partial charge in [0.05, 0.1) is 13.2 Å². The largest absolute Gasteiger partial charge is 0.497 e. The molecule has 5 aromatic rings. The van der Waals surface area contributed by atoms with Crippen molar-refractivity contribution in [1.82, 2.24) is 9.55 Å². The van der Waals surface area contributed by atoms with Crippen LogP contribution in [0.1, 0.15) is 18.5 Å². The number of ether oxygens (including phenoxy) is 1. The van der Waals surface area contributed by atoms with E-state index < -0.39 is 0 Å². The molecular weight excluding hydrogens is 420 g/mol. The van der Waals surface area contributed by atoms with Crippen LogP contribution in [0.25, 0.3) is 31.7 Å². The van der Waals surface area contributed by atoms with E-state index in [4.69, 9.17) is 9.72 Å². The molecule has 2 aromatic heterocycles. The predicted molar refractivity (Wildman–Crippen MR) is 130 cm³/mol. The molecule has 0 saturated heterocycles. The Bertz CT molecular complexity index is 1550. The highest BCUT2D eigenvalue weighted by molar-refractivity contribution is 7.24. The van der Waals surface area contributed by atoms with E-state index in [1.165, 1.54) is 11.3 Å². The Balaban J connectivity index is 1.88. The predicted octanol–water partition coefficient (Wildman–Crippen LogP) is 5.26. The fourth-order valence-electron chi connectivity index (χ4n) is 3.95. The van der Waals surface area contributed by atoms with Crippen LogP contribution in [-0.2, 0) is 0 Å². The van der Waals surface area contributed by atoms with Crippen LogP contribution in [0.15, 0.2) is 88.5 Å². The Morgan fingerprint density at radius 1 is 0.906 bits per heavy atom. The standard InChI is InChI=1S/C26H20N2O3S/c1-16(17-8-4-3-5-9-17)28-24(18-12-14-19(31-2)15-13-18)27-25-22(26(28)30)23(29)20-10-6-7-11-21(20)32-25/h3-16H,1-2H3. The first-order valence-corrected chi connectivity index (χ1v) is 11.1. The molecule has 0 radical (unpaired) electrons. The average molecular weight is 441 g/mol. The molecule has 158 valence electrons. The highest BCUT2D eigenvalue weighted by Gasteiger charge is 2.21. The molecule has 0 saturated carbocycles. The normalized spacial score (nSPS) is 12.2. The average Bonchev–Trinajstić information content (AvgIpc) is 2.84. The third kappa shape index (κ3) is 3.29. The van der Waals surface area contributed by atoms with E-state index in [2.05, 4.69) is 0 Å². The van der Waals surface area contributed by atoms with Crippen molar-refractivity contribution in [3.05, 3.63) is 105 Å². The van der Waals surface area contributed by atoms with Gasteiger partial charge in [-0.3, -0.25) is 14.2 Å². The van der Waals surface area contributed by atoms with Gasteiger partial charge in [-0.2, -0.15) is 0 Å². The van der Waals surface area contributed by atoms with Gasteiger partial charge in [-0.25, -0.2) is 4.98 Å². The Hall–Kier alpha value is -3.77. The molecule has 1 atom stereocenters. The maximum absolute atomic E-state index is 13.8. The molecule has 32 heavy (non-hydrogen) atoms. The summed E-state index contributed by atoms with van der Waals surface area (Å²) in [4.78, 5) is 32.4. The summed E-state index contributed by atoms with van der Waals surface area (Å²) >= 11 is 1.36. The number of methoxy groups -OCH3 is 1. The summed E-state index contributed by atoms with van der Waals surface area (Å²) in [5, 5.41) is 0.675. The van der Waals surface area contributed by atoms with Gasteiger partial charge < -0.3 is 4.74 Å². The summed E-state index contributed by atoms with van der Waals surface area (Å²) in [6.07, 6.45) is 0. The Morgan fingerprint density at radius 3 is 2.31 bits per heavy atom. The van der Waals surface area contributed by atoms with E-state index >= 15 is 0 Å². The van der Waals surface area contributed by atoms with Crippen molar-refractivity contribution in [2.75, 3.05) is 7.11 Å². The molecule has 0 aliphatic rings. The zero-order valence-electron chi connectivity index (χ0n) is 17.6. The van der Waals surface area contributed by atoms with Gasteiger partial charge in [-0.15, -0.1) is 11.3 Å². The quantitative estimate of drug-likeness (QED) is 0.358. The van der Waals surface area contributed by atoms with Crippen LogP contribution >= 0.6 is 11.3 Å². The second-order valence-electron chi connectivity index (χ2n) is 7.53. The lowest BCUT2D eigenvalue weighted by Gasteiger charge is -2.20. The van der Waals surface area contributed by atoms with E-state index in [9.17, 15) is 9.59 Å². The topological polar surface area (TPSA) is 61.2 Å². The first kappa shape index (κ1) is 20.2. The molecular formula is C26H20N2O3S. The highest BCUT2D eigenvalue weighted by Crippen LogP contribution is 2.29. The van der Waals surface area contributed by atoms with Crippen molar-refractivity contribution < 1.29 is 4.74 Å². The molecule has 2 heterocycles. The van der Waals surface area contributed by atoms with Gasteiger partial charge in [0.15, 0.2) is 0 Å². The third-order valence-electron chi connectivity index (χ3n) is 5.67. The fourth-order valence-corrected chi connectivity index (χ4v) is 4.99. The second-order valence-corrected chi connectivity index (χ2v) is 8.56. The van der Waals surface area contributed by atoms with Crippen LogP contribution in [-0.4, -0.2) is 16.7 Å². The number of aromatic nitrogens is 2. The van der Waals surface area contributed by atoms with E-state index in [1.54, 1.807) is 17.7 Å². The summed E-state index contributed by atoms with van der Waals surface area (Å²) in [7, 11) is 1.61. The lowest BCUT2D eigenvalue weighted by Crippen LogP contribution is -2.30. The number of benzene rings is 3. The third-order valence-corrected chi connectivity index (χ3v) is 6.73. The number of fused-ring (bicyclic) bond motifs is 2. The first-order chi connectivity index (χ1) is 15.6. The van der Waals surface area contributed by atoms with Crippen LogP contribution in [0.3, 0.4) is 0 Å². The van der Waals surface area contributed by atoms with Crippen molar-refractivity contribution in [1.29, 1.82) is 0 Å². The minimum absolute atomic E-state index is 0.133. The molecule has 0 fully saturated rings. The van der Waals surface area contributed by atoms with Gasteiger partial charge in [0.2, 0.25) is 5.43 Å². The molecule has 5 rings (SSSR count). The Labute approximate surface area is 188 Å². The molecule has 6 heteroatoms. The molecule has 0 amide bonds. The molecule has 0 aliphatic heterocycles. The van der Waals surface area contributed by atoms with E-state index in [-0.39, 0.29) is 22.4 Å². The van der Waals surface area contributed by atoms with Gasteiger partial charge in [0.1, 0.15) is 21.8 Å². The van der Waals surface area contributed by atoms with Crippen LogP contribution in [0, 0.1) is 0 Å². The van der Waals surface area contributed by atoms with Crippen molar-refractivity contribution >= 4 is 31.6 Å². The molecule has 3 aromatic carbocycles. The molecule has 0 bridgehead atoms.